The van der Waals surface area contributed by atoms with E-state index in [1.54, 1.807) is 7.11 Å². The normalized spacial score (nSPS) is 10.9. The van der Waals surface area contributed by atoms with Crippen LogP contribution in [0.5, 0.6) is 17.2 Å². The van der Waals surface area contributed by atoms with Gasteiger partial charge in [0.1, 0.15) is 12.4 Å². The van der Waals surface area contributed by atoms with Gasteiger partial charge in [0.2, 0.25) is 0 Å². The lowest BCUT2D eigenvalue weighted by Gasteiger charge is -2.10. The summed E-state index contributed by atoms with van der Waals surface area (Å²) < 4.78 is 44.5. The number of methoxy groups -OCH3 is 2. The van der Waals surface area contributed by atoms with Gasteiger partial charge in [-0.2, -0.15) is 8.78 Å². The molecule has 0 bridgehead atoms. The van der Waals surface area contributed by atoms with Crippen molar-refractivity contribution < 1.29 is 32.5 Å². The first-order valence-corrected chi connectivity index (χ1v) is 8.04. The molecule has 0 N–H and O–H groups in total. The summed E-state index contributed by atoms with van der Waals surface area (Å²) >= 11 is 0. The summed E-state index contributed by atoms with van der Waals surface area (Å²) in [4.78, 5) is 11.9. The van der Waals surface area contributed by atoms with Gasteiger partial charge >= 0.3 is 12.6 Å². The minimum absolute atomic E-state index is 0.0680. The maximum absolute atomic E-state index is 12.3. The van der Waals surface area contributed by atoms with E-state index in [1.807, 2.05) is 25.1 Å². The number of hydrogen-bond donors (Lipinski definition) is 0. The van der Waals surface area contributed by atoms with Gasteiger partial charge in [0.25, 0.3) is 0 Å². The molecular formula is C20H20F2O5. The molecule has 2 aromatic carbocycles. The van der Waals surface area contributed by atoms with Gasteiger partial charge in [-0.25, -0.2) is 4.79 Å². The van der Waals surface area contributed by atoms with Gasteiger partial charge in [0, 0.05) is 11.6 Å². The molecule has 0 saturated heterocycles. The first-order chi connectivity index (χ1) is 12.9. The van der Waals surface area contributed by atoms with E-state index >= 15 is 0 Å². The molecular weight excluding hydrogens is 358 g/mol. The predicted molar refractivity (Wildman–Crippen MR) is 96.2 cm³/mol. The number of aryl methyl sites for hydroxylation is 1. The van der Waals surface area contributed by atoms with Crippen molar-refractivity contribution in [1.82, 2.24) is 0 Å². The maximum atomic E-state index is 12.3. The van der Waals surface area contributed by atoms with Crippen molar-refractivity contribution >= 4 is 12.0 Å². The third-order valence-corrected chi connectivity index (χ3v) is 3.62. The molecule has 0 radical (unpaired) electrons. The van der Waals surface area contributed by atoms with E-state index in [9.17, 15) is 13.6 Å². The van der Waals surface area contributed by atoms with Crippen molar-refractivity contribution in [2.75, 3.05) is 14.2 Å². The quantitative estimate of drug-likeness (QED) is 0.504. The number of rotatable bonds is 8. The summed E-state index contributed by atoms with van der Waals surface area (Å²) in [7, 11) is 2.88. The number of ether oxygens (including phenoxy) is 4. The van der Waals surface area contributed by atoms with Crippen LogP contribution < -0.4 is 14.2 Å². The van der Waals surface area contributed by atoms with E-state index in [0.29, 0.717) is 11.3 Å². The average molecular weight is 378 g/mol. The summed E-state index contributed by atoms with van der Waals surface area (Å²) in [6, 6.07) is 9.93. The summed E-state index contributed by atoms with van der Waals surface area (Å²) in [5.41, 5.74) is 2.35. The molecule has 0 fully saturated rings. The van der Waals surface area contributed by atoms with Crippen LogP contribution in [0.25, 0.3) is 6.08 Å². The Morgan fingerprint density at radius 2 is 1.74 bits per heavy atom. The summed E-state index contributed by atoms with van der Waals surface area (Å²) in [6.45, 7) is -0.952. The third kappa shape index (κ3) is 5.99. The molecule has 0 aliphatic carbocycles. The number of carbonyl (C=O) groups is 1. The smallest absolute Gasteiger partial charge is 0.387 e. The molecule has 0 unspecified atom stereocenters. The standard InChI is InChI=1S/C20H20F2O5/c1-13-4-7-16(24-2)15(10-13)12-26-19(23)9-6-14-5-8-17(27-20(21)22)18(11-14)25-3/h4-11,20H,12H2,1-3H3/b9-6+. The lowest BCUT2D eigenvalue weighted by molar-refractivity contribution is -0.138. The van der Waals surface area contributed by atoms with Crippen LogP contribution in [0.3, 0.4) is 0 Å². The van der Waals surface area contributed by atoms with Gasteiger partial charge < -0.3 is 18.9 Å². The van der Waals surface area contributed by atoms with Gasteiger partial charge in [-0.3, -0.25) is 0 Å². The summed E-state index contributed by atoms with van der Waals surface area (Å²) in [6.07, 6.45) is 2.73. The molecule has 0 saturated carbocycles. The van der Waals surface area contributed by atoms with Crippen molar-refractivity contribution in [3.63, 3.8) is 0 Å². The van der Waals surface area contributed by atoms with Gasteiger partial charge in [0.05, 0.1) is 14.2 Å². The highest BCUT2D eigenvalue weighted by Gasteiger charge is 2.11. The number of halogens is 2. The minimum Gasteiger partial charge on any atom is -0.496 e. The van der Waals surface area contributed by atoms with E-state index in [0.717, 1.165) is 11.1 Å². The van der Waals surface area contributed by atoms with Crippen molar-refractivity contribution in [3.05, 3.63) is 59.2 Å². The Bertz CT molecular complexity index is 818. The number of hydrogen-bond acceptors (Lipinski definition) is 5. The molecule has 0 spiro atoms. The predicted octanol–water partition coefficient (Wildman–Crippen LogP) is 4.37. The second-order valence-electron chi connectivity index (χ2n) is 5.55. The Labute approximate surface area is 156 Å². The zero-order valence-corrected chi connectivity index (χ0v) is 15.2. The lowest BCUT2D eigenvalue weighted by atomic mass is 10.1. The zero-order valence-electron chi connectivity index (χ0n) is 15.2. The molecule has 2 aromatic rings. The molecule has 27 heavy (non-hydrogen) atoms. The second kappa shape index (κ2) is 9.56. The Hall–Kier alpha value is -3.09. The largest absolute Gasteiger partial charge is 0.496 e. The molecule has 144 valence electrons. The van der Waals surface area contributed by atoms with E-state index in [2.05, 4.69) is 4.74 Å². The van der Waals surface area contributed by atoms with Crippen LogP contribution >= 0.6 is 0 Å². The third-order valence-electron chi connectivity index (χ3n) is 3.62. The average Bonchev–Trinajstić information content (AvgIpc) is 2.65. The van der Waals surface area contributed by atoms with Crippen LogP contribution in [0.1, 0.15) is 16.7 Å². The molecule has 0 amide bonds. The van der Waals surface area contributed by atoms with Gasteiger partial charge in [-0.1, -0.05) is 17.7 Å². The molecule has 0 atom stereocenters. The SMILES string of the molecule is COc1ccc(C)cc1COC(=O)/C=C/c1ccc(OC(F)F)c(OC)c1. The Kier molecular flexibility index (Phi) is 7.16. The van der Waals surface area contributed by atoms with Crippen LogP contribution in [0, 0.1) is 6.92 Å². The fraction of sp³-hybridized carbons (Fsp3) is 0.250. The van der Waals surface area contributed by atoms with E-state index in [4.69, 9.17) is 14.2 Å². The van der Waals surface area contributed by atoms with Gasteiger partial charge in [0.15, 0.2) is 11.5 Å². The lowest BCUT2D eigenvalue weighted by Crippen LogP contribution is -2.04. The number of carbonyl (C=O) groups excluding carboxylic acids is 1. The fourth-order valence-electron chi connectivity index (χ4n) is 2.36. The van der Waals surface area contributed by atoms with E-state index < -0.39 is 12.6 Å². The zero-order chi connectivity index (χ0) is 19.8. The molecule has 0 aliphatic heterocycles. The van der Waals surface area contributed by atoms with Crippen molar-refractivity contribution in [3.8, 4) is 17.2 Å². The van der Waals surface area contributed by atoms with Crippen LogP contribution in [0.15, 0.2) is 42.5 Å². The van der Waals surface area contributed by atoms with Crippen LogP contribution in [-0.2, 0) is 16.1 Å². The monoisotopic (exact) mass is 378 g/mol. The highest BCUT2D eigenvalue weighted by atomic mass is 19.3. The second-order valence-corrected chi connectivity index (χ2v) is 5.55. The molecule has 2 rings (SSSR count). The highest BCUT2D eigenvalue weighted by molar-refractivity contribution is 5.87. The minimum atomic E-state index is -2.95. The maximum Gasteiger partial charge on any atom is 0.387 e. The fourth-order valence-corrected chi connectivity index (χ4v) is 2.36. The molecule has 0 heterocycles. The van der Waals surface area contributed by atoms with Crippen LogP contribution in [-0.4, -0.2) is 26.8 Å². The number of benzene rings is 2. The highest BCUT2D eigenvalue weighted by Crippen LogP contribution is 2.29. The van der Waals surface area contributed by atoms with Crippen molar-refractivity contribution in [2.45, 2.75) is 20.1 Å². The van der Waals surface area contributed by atoms with Gasteiger partial charge in [-0.05, 0) is 42.8 Å². The van der Waals surface area contributed by atoms with Crippen molar-refractivity contribution in [2.24, 2.45) is 0 Å². The van der Waals surface area contributed by atoms with E-state index in [1.165, 1.54) is 37.5 Å². The molecule has 5 nitrogen and oxygen atoms in total. The Morgan fingerprint density at radius 1 is 1.04 bits per heavy atom. The van der Waals surface area contributed by atoms with Crippen molar-refractivity contribution in [1.29, 1.82) is 0 Å². The Balaban J connectivity index is 2.01. The molecule has 7 heteroatoms. The van der Waals surface area contributed by atoms with Crippen LogP contribution in [0.4, 0.5) is 8.78 Å². The van der Waals surface area contributed by atoms with E-state index in [-0.39, 0.29) is 18.1 Å². The Morgan fingerprint density at radius 3 is 2.41 bits per heavy atom. The first-order valence-electron chi connectivity index (χ1n) is 8.04. The van der Waals surface area contributed by atoms with Crippen LogP contribution in [0.2, 0.25) is 0 Å². The number of esters is 1. The topological polar surface area (TPSA) is 54.0 Å². The number of alkyl halides is 2. The summed E-state index contributed by atoms with van der Waals surface area (Å²) in [5.74, 6) is 0.135. The molecule has 0 aromatic heterocycles. The first kappa shape index (κ1) is 20.2. The molecule has 0 aliphatic rings. The van der Waals surface area contributed by atoms with Gasteiger partial charge in [-0.15, -0.1) is 0 Å². The summed E-state index contributed by atoms with van der Waals surface area (Å²) in [5, 5.41) is 0.